The minimum absolute atomic E-state index is 0. The van der Waals surface area contributed by atoms with Crippen molar-refractivity contribution in [1.29, 1.82) is 0 Å². The van der Waals surface area contributed by atoms with Gasteiger partial charge in [-0.3, -0.25) is 4.98 Å². The van der Waals surface area contributed by atoms with Crippen LogP contribution in [0.2, 0.25) is 0 Å². The summed E-state index contributed by atoms with van der Waals surface area (Å²) in [5.74, 6) is 0. The maximum atomic E-state index is 4.26. The summed E-state index contributed by atoms with van der Waals surface area (Å²) in [6, 6.07) is 4.72. The van der Waals surface area contributed by atoms with Crippen molar-refractivity contribution in [3.8, 4) is 0 Å². The molecule has 1 unspecified atom stereocenters. The summed E-state index contributed by atoms with van der Waals surface area (Å²) in [4.78, 5) is 4.26. The Balaban J connectivity index is 0.00000196. The summed E-state index contributed by atoms with van der Waals surface area (Å²) in [7, 11) is 0. The molecule has 1 N–H and O–H groups in total. The minimum atomic E-state index is 0. The third-order valence-corrected chi connectivity index (χ3v) is 2.48. The normalized spacial score (nSPS) is 11.9. The Morgan fingerprint density at radius 2 is 2.20 bits per heavy atom. The maximum absolute atomic E-state index is 4.26. The van der Waals surface area contributed by atoms with Gasteiger partial charge in [-0.15, -0.1) is 12.4 Å². The SMILES string of the molecule is CCCC(C)NCc1cccnc1C.Cl. The molecule has 0 saturated carbocycles. The average molecular weight is 229 g/mol. The van der Waals surface area contributed by atoms with Gasteiger partial charge in [0.1, 0.15) is 0 Å². The minimum Gasteiger partial charge on any atom is -0.310 e. The van der Waals surface area contributed by atoms with E-state index in [-0.39, 0.29) is 12.4 Å². The lowest BCUT2D eigenvalue weighted by molar-refractivity contribution is 0.507. The van der Waals surface area contributed by atoms with Gasteiger partial charge in [0.15, 0.2) is 0 Å². The molecule has 1 heterocycles. The largest absolute Gasteiger partial charge is 0.310 e. The number of aryl methyl sites for hydroxylation is 1. The lowest BCUT2D eigenvalue weighted by Gasteiger charge is -2.13. The van der Waals surface area contributed by atoms with E-state index in [1.807, 2.05) is 12.3 Å². The standard InChI is InChI=1S/C12H20N2.ClH/c1-4-6-10(2)14-9-12-7-5-8-13-11(12)3;/h5,7-8,10,14H,4,6,9H2,1-3H3;1H. The fourth-order valence-corrected chi connectivity index (χ4v) is 1.52. The third-order valence-electron chi connectivity index (χ3n) is 2.48. The van der Waals surface area contributed by atoms with E-state index in [0.29, 0.717) is 6.04 Å². The molecule has 0 spiro atoms. The number of hydrogen-bond donors (Lipinski definition) is 1. The molecule has 0 radical (unpaired) electrons. The van der Waals surface area contributed by atoms with Gasteiger partial charge >= 0.3 is 0 Å². The average Bonchev–Trinajstić information content (AvgIpc) is 2.17. The van der Waals surface area contributed by atoms with Gasteiger partial charge in [0.2, 0.25) is 0 Å². The Hall–Kier alpha value is -0.600. The highest BCUT2D eigenvalue weighted by Gasteiger charge is 2.01. The molecule has 0 bridgehead atoms. The van der Waals surface area contributed by atoms with Crippen LogP contribution in [0.1, 0.15) is 37.9 Å². The molecule has 0 fully saturated rings. The molecule has 0 aromatic carbocycles. The zero-order chi connectivity index (χ0) is 10.4. The third kappa shape index (κ3) is 5.14. The Bertz CT molecular complexity index is 276. The second-order valence-corrected chi connectivity index (χ2v) is 3.82. The molecule has 1 rings (SSSR count). The lowest BCUT2D eigenvalue weighted by Crippen LogP contribution is -2.25. The number of nitrogens with one attached hydrogen (secondary N) is 1. The Morgan fingerprint density at radius 3 is 2.80 bits per heavy atom. The highest BCUT2D eigenvalue weighted by molar-refractivity contribution is 5.85. The van der Waals surface area contributed by atoms with E-state index in [2.05, 4.69) is 37.1 Å². The highest BCUT2D eigenvalue weighted by Crippen LogP contribution is 2.04. The summed E-state index contributed by atoms with van der Waals surface area (Å²) in [5, 5.41) is 3.50. The van der Waals surface area contributed by atoms with Crippen LogP contribution in [0.4, 0.5) is 0 Å². The number of aromatic nitrogens is 1. The first kappa shape index (κ1) is 14.4. The fraction of sp³-hybridized carbons (Fsp3) is 0.583. The van der Waals surface area contributed by atoms with Crippen LogP contribution in [0.25, 0.3) is 0 Å². The van der Waals surface area contributed by atoms with E-state index in [1.54, 1.807) is 0 Å². The van der Waals surface area contributed by atoms with Crippen LogP contribution in [0, 0.1) is 6.92 Å². The van der Waals surface area contributed by atoms with Crippen molar-refractivity contribution in [2.75, 3.05) is 0 Å². The van der Waals surface area contributed by atoms with Crippen LogP contribution >= 0.6 is 12.4 Å². The number of hydrogen-bond acceptors (Lipinski definition) is 2. The van der Waals surface area contributed by atoms with Crippen molar-refractivity contribution in [3.63, 3.8) is 0 Å². The molecule has 0 aliphatic carbocycles. The predicted octanol–water partition coefficient (Wildman–Crippen LogP) is 3.09. The van der Waals surface area contributed by atoms with E-state index in [9.17, 15) is 0 Å². The van der Waals surface area contributed by atoms with Crippen molar-refractivity contribution < 1.29 is 0 Å². The van der Waals surface area contributed by atoms with Crippen LogP contribution in [0.15, 0.2) is 18.3 Å². The Kier molecular flexibility index (Phi) is 7.35. The molecule has 0 aliphatic heterocycles. The summed E-state index contributed by atoms with van der Waals surface area (Å²) in [5.41, 5.74) is 2.43. The first-order chi connectivity index (χ1) is 6.74. The number of halogens is 1. The molecule has 0 amide bonds. The molecule has 0 saturated heterocycles. The van der Waals surface area contributed by atoms with Gasteiger partial charge in [-0.1, -0.05) is 19.4 Å². The molecule has 1 aromatic heterocycles. The van der Waals surface area contributed by atoms with Crippen LogP contribution < -0.4 is 5.32 Å². The van der Waals surface area contributed by atoms with Crippen molar-refractivity contribution in [2.24, 2.45) is 0 Å². The van der Waals surface area contributed by atoms with Gasteiger partial charge in [0.25, 0.3) is 0 Å². The van der Waals surface area contributed by atoms with Crippen molar-refractivity contribution in [1.82, 2.24) is 10.3 Å². The molecule has 1 atom stereocenters. The van der Waals surface area contributed by atoms with E-state index in [4.69, 9.17) is 0 Å². The second kappa shape index (κ2) is 7.66. The van der Waals surface area contributed by atoms with Crippen LogP contribution in [-0.2, 0) is 6.54 Å². The molecule has 2 nitrogen and oxygen atoms in total. The van der Waals surface area contributed by atoms with E-state index >= 15 is 0 Å². The van der Waals surface area contributed by atoms with Crippen molar-refractivity contribution in [3.05, 3.63) is 29.6 Å². The zero-order valence-electron chi connectivity index (χ0n) is 9.79. The van der Waals surface area contributed by atoms with Crippen LogP contribution in [0.5, 0.6) is 0 Å². The second-order valence-electron chi connectivity index (χ2n) is 3.82. The van der Waals surface area contributed by atoms with E-state index < -0.39 is 0 Å². The summed E-state index contributed by atoms with van der Waals surface area (Å²) >= 11 is 0. The predicted molar refractivity (Wildman–Crippen MR) is 67.4 cm³/mol. The molecule has 15 heavy (non-hydrogen) atoms. The molecule has 1 aromatic rings. The van der Waals surface area contributed by atoms with Crippen LogP contribution in [0.3, 0.4) is 0 Å². The summed E-state index contributed by atoms with van der Waals surface area (Å²) < 4.78 is 0. The molecular formula is C12H21ClN2. The molecule has 3 heteroatoms. The number of nitrogens with zero attached hydrogens (tertiary/aromatic N) is 1. The Labute approximate surface area is 98.9 Å². The van der Waals surface area contributed by atoms with Gasteiger partial charge in [0.05, 0.1) is 0 Å². The first-order valence-electron chi connectivity index (χ1n) is 5.38. The topological polar surface area (TPSA) is 24.9 Å². The maximum Gasteiger partial charge on any atom is 0.0417 e. The monoisotopic (exact) mass is 228 g/mol. The zero-order valence-corrected chi connectivity index (χ0v) is 10.6. The van der Waals surface area contributed by atoms with E-state index in [1.165, 1.54) is 18.4 Å². The summed E-state index contributed by atoms with van der Waals surface area (Å²) in [6.45, 7) is 7.44. The van der Waals surface area contributed by atoms with Gasteiger partial charge in [-0.05, 0) is 31.9 Å². The van der Waals surface area contributed by atoms with Crippen LogP contribution in [-0.4, -0.2) is 11.0 Å². The number of rotatable bonds is 5. The highest BCUT2D eigenvalue weighted by atomic mass is 35.5. The molecular weight excluding hydrogens is 208 g/mol. The van der Waals surface area contributed by atoms with Gasteiger partial charge in [0, 0.05) is 24.5 Å². The molecule has 86 valence electrons. The summed E-state index contributed by atoms with van der Waals surface area (Å²) in [6.07, 6.45) is 4.31. The number of pyridine rings is 1. The van der Waals surface area contributed by atoms with Crippen molar-refractivity contribution >= 4 is 12.4 Å². The van der Waals surface area contributed by atoms with Gasteiger partial charge < -0.3 is 5.32 Å². The van der Waals surface area contributed by atoms with Crippen molar-refractivity contribution in [2.45, 2.75) is 46.2 Å². The quantitative estimate of drug-likeness (QED) is 0.838. The first-order valence-corrected chi connectivity index (χ1v) is 5.38. The van der Waals surface area contributed by atoms with Gasteiger partial charge in [-0.2, -0.15) is 0 Å². The van der Waals surface area contributed by atoms with Gasteiger partial charge in [-0.25, -0.2) is 0 Å². The fourth-order valence-electron chi connectivity index (χ4n) is 1.52. The lowest BCUT2D eigenvalue weighted by atomic mass is 10.1. The smallest absolute Gasteiger partial charge is 0.0417 e. The Morgan fingerprint density at radius 1 is 1.47 bits per heavy atom. The van der Waals surface area contributed by atoms with E-state index in [0.717, 1.165) is 12.2 Å². The molecule has 0 aliphatic rings.